The van der Waals surface area contributed by atoms with Crippen LogP contribution in [0.25, 0.3) is 11.1 Å². The predicted molar refractivity (Wildman–Crippen MR) is 85.0 cm³/mol. The van der Waals surface area contributed by atoms with Gasteiger partial charge >= 0.3 is 0 Å². The zero-order chi connectivity index (χ0) is 14.4. The molecule has 0 radical (unpaired) electrons. The Morgan fingerprint density at radius 2 is 1.85 bits per heavy atom. The Labute approximate surface area is 124 Å². The summed E-state index contributed by atoms with van der Waals surface area (Å²) < 4.78 is 11.1. The molecule has 0 aliphatic rings. The van der Waals surface area contributed by atoms with Crippen LogP contribution in [-0.4, -0.2) is 39.3 Å². The van der Waals surface area contributed by atoms with Crippen LogP contribution >= 0.6 is 11.3 Å². The second-order valence-electron chi connectivity index (χ2n) is 4.86. The topological polar surface area (TPSA) is 21.7 Å². The molecule has 0 bridgehead atoms. The Morgan fingerprint density at radius 1 is 1.10 bits per heavy atom. The quantitative estimate of drug-likeness (QED) is 0.725. The highest BCUT2D eigenvalue weighted by Crippen LogP contribution is 2.35. The van der Waals surface area contributed by atoms with Gasteiger partial charge in [-0.1, -0.05) is 12.1 Å². The minimum absolute atomic E-state index is 0.749. The number of benzene rings is 1. The number of nitrogens with zero attached hydrogens (tertiary/aromatic N) is 1. The van der Waals surface area contributed by atoms with Crippen LogP contribution in [0.5, 0.6) is 10.8 Å². The summed E-state index contributed by atoms with van der Waals surface area (Å²) in [6.07, 6.45) is 1.03. The molecule has 0 aliphatic carbocycles. The van der Waals surface area contributed by atoms with Crippen molar-refractivity contribution in [2.45, 2.75) is 6.42 Å². The van der Waals surface area contributed by atoms with E-state index >= 15 is 0 Å². The van der Waals surface area contributed by atoms with Crippen molar-refractivity contribution in [2.24, 2.45) is 0 Å². The van der Waals surface area contributed by atoms with E-state index in [-0.39, 0.29) is 0 Å². The van der Waals surface area contributed by atoms with Gasteiger partial charge in [-0.25, -0.2) is 0 Å². The SMILES string of the molecule is COc1sccc1-c1ccc(OCCCN(C)C)cc1. The standard InChI is InChI=1S/C16H21NO2S/c1-17(2)10-4-11-19-14-7-5-13(6-8-14)15-9-12-20-16(15)18-3/h5-9,12H,4,10-11H2,1-3H3. The maximum absolute atomic E-state index is 5.73. The fourth-order valence-corrected chi connectivity index (χ4v) is 2.71. The van der Waals surface area contributed by atoms with Gasteiger partial charge in [0.25, 0.3) is 0 Å². The van der Waals surface area contributed by atoms with Crippen LogP contribution in [0.4, 0.5) is 0 Å². The molecule has 2 aromatic rings. The van der Waals surface area contributed by atoms with E-state index in [4.69, 9.17) is 9.47 Å². The van der Waals surface area contributed by atoms with Crippen molar-refractivity contribution in [3.63, 3.8) is 0 Å². The summed E-state index contributed by atoms with van der Waals surface area (Å²) in [5, 5.41) is 2.99. The smallest absolute Gasteiger partial charge is 0.181 e. The van der Waals surface area contributed by atoms with Crippen LogP contribution < -0.4 is 9.47 Å². The lowest BCUT2D eigenvalue weighted by Crippen LogP contribution is -2.15. The molecule has 0 atom stereocenters. The first-order chi connectivity index (χ1) is 9.70. The molecule has 3 nitrogen and oxygen atoms in total. The lowest BCUT2D eigenvalue weighted by atomic mass is 10.1. The molecule has 0 aliphatic heterocycles. The summed E-state index contributed by atoms with van der Waals surface area (Å²) in [6.45, 7) is 1.80. The van der Waals surface area contributed by atoms with Gasteiger partial charge in [-0.2, -0.15) is 0 Å². The molecule has 108 valence electrons. The Balaban J connectivity index is 1.93. The van der Waals surface area contributed by atoms with Crippen molar-refractivity contribution in [1.29, 1.82) is 0 Å². The van der Waals surface area contributed by atoms with Gasteiger partial charge in [-0.3, -0.25) is 0 Å². The van der Waals surface area contributed by atoms with Gasteiger partial charge < -0.3 is 14.4 Å². The zero-order valence-electron chi connectivity index (χ0n) is 12.3. The van der Waals surface area contributed by atoms with E-state index in [1.165, 1.54) is 0 Å². The van der Waals surface area contributed by atoms with E-state index in [0.717, 1.165) is 41.5 Å². The van der Waals surface area contributed by atoms with Gasteiger partial charge in [0.15, 0.2) is 5.06 Å². The molecule has 1 aromatic carbocycles. The molecule has 0 saturated carbocycles. The molecular formula is C16H21NO2S. The van der Waals surface area contributed by atoms with Crippen molar-refractivity contribution in [3.8, 4) is 21.9 Å². The van der Waals surface area contributed by atoms with E-state index in [1.807, 2.05) is 17.5 Å². The predicted octanol–water partition coefficient (Wildman–Crippen LogP) is 3.75. The summed E-state index contributed by atoms with van der Waals surface area (Å²) >= 11 is 1.61. The number of rotatable bonds is 7. The van der Waals surface area contributed by atoms with Crippen molar-refractivity contribution in [2.75, 3.05) is 34.4 Å². The minimum atomic E-state index is 0.749. The van der Waals surface area contributed by atoms with Crippen LogP contribution in [0.1, 0.15) is 6.42 Å². The normalized spacial score (nSPS) is 10.8. The van der Waals surface area contributed by atoms with Crippen molar-refractivity contribution in [1.82, 2.24) is 4.90 Å². The Morgan fingerprint density at radius 3 is 2.50 bits per heavy atom. The summed E-state index contributed by atoms with van der Waals surface area (Å²) in [4.78, 5) is 2.16. The van der Waals surface area contributed by atoms with E-state index in [2.05, 4.69) is 37.2 Å². The lowest BCUT2D eigenvalue weighted by molar-refractivity contribution is 0.281. The first-order valence-corrected chi connectivity index (χ1v) is 7.58. The Hall–Kier alpha value is -1.52. The van der Waals surface area contributed by atoms with Gasteiger partial charge in [-0.05, 0) is 49.7 Å². The average Bonchev–Trinajstić information content (AvgIpc) is 2.92. The molecule has 0 spiro atoms. The molecule has 0 fully saturated rings. The number of ether oxygens (including phenoxy) is 2. The van der Waals surface area contributed by atoms with Gasteiger partial charge in [0.05, 0.1) is 13.7 Å². The van der Waals surface area contributed by atoms with Crippen LogP contribution in [0.15, 0.2) is 35.7 Å². The van der Waals surface area contributed by atoms with Crippen molar-refractivity contribution >= 4 is 11.3 Å². The van der Waals surface area contributed by atoms with E-state index < -0.39 is 0 Å². The fourth-order valence-electron chi connectivity index (χ4n) is 1.97. The minimum Gasteiger partial charge on any atom is -0.494 e. The highest BCUT2D eigenvalue weighted by Gasteiger charge is 2.06. The summed E-state index contributed by atoms with van der Waals surface area (Å²) in [5.74, 6) is 0.918. The van der Waals surface area contributed by atoms with Crippen LogP contribution in [-0.2, 0) is 0 Å². The third-order valence-corrected chi connectivity index (χ3v) is 3.87. The van der Waals surface area contributed by atoms with E-state index in [9.17, 15) is 0 Å². The van der Waals surface area contributed by atoms with Gasteiger partial charge in [-0.15, -0.1) is 11.3 Å². The third kappa shape index (κ3) is 3.99. The lowest BCUT2D eigenvalue weighted by Gasteiger charge is -2.10. The molecule has 1 aromatic heterocycles. The first-order valence-electron chi connectivity index (χ1n) is 6.70. The van der Waals surface area contributed by atoms with Crippen LogP contribution in [0, 0.1) is 0 Å². The molecule has 20 heavy (non-hydrogen) atoms. The van der Waals surface area contributed by atoms with Gasteiger partial charge in [0.2, 0.25) is 0 Å². The van der Waals surface area contributed by atoms with Crippen LogP contribution in [0.2, 0.25) is 0 Å². The number of hydrogen-bond donors (Lipinski definition) is 0. The van der Waals surface area contributed by atoms with Gasteiger partial charge in [0.1, 0.15) is 5.75 Å². The maximum Gasteiger partial charge on any atom is 0.181 e. The molecule has 0 saturated heterocycles. The monoisotopic (exact) mass is 291 g/mol. The molecular weight excluding hydrogens is 270 g/mol. The fraction of sp³-hybridized carbons (Fsp3) is 0.375. The van der Waals surface area contributed by atoms with Crippen LogP contribution in [0.3, 0.4) is 0 Å². The first kappa shape index (κ1) is 14.9. The highest BCUT2D eigenvalue weighted by molar-refractivity contribution is 7.12. The molecule has 0 amide bonds. The largest absolute Gasteiger partial charge is 0.494 e. The van der Waals surface area contributed by atoms with Crippen molar-refractivity contribution < 1.29 is 9.47 Å². The number of hydrogen-bond acceptors (Lipinski definition) is 4. The number of thiophene rings is 1. The molecule has 2 rings (SSSR count). The second kappa shape index (κ2) is 7.31. The van der Waals surface area contributed by atoms with Gasteiger partial charge in [0, 0.05) is 12.1 Å². The summed E-state index contributed by atoms with van der Waals surface area (Å²) in [5.41, 5.74) is 2.29. The average molecular weight is 291 g/mol. The van der Waals surface area contributed by atoms with Crippen molar-refractivity contribution in [3.05, 3.63) is 35.7 Å². The molecule has 1 heterocycles. The maximum atomic E-state index is 5.73. The Kier molecular flexibility index (Phi) is 5.44. The second-order valence-corrected chi connectivity index (χ2v) is 5.73. The third-order valence-electron chi connectivity index (χ3n) is 3.00. The molecule has 0 N–H and O–H groups in total. The number of methoxy groups -OCH3 is 1. The molecule has 0 unspecified atom stereocenters. The molecule has 4 heteroatoms. The van der Waals surface area contributed by atoms with E-state index in [1.54, 1.807) is 18.4 Å². The Bertz CT molecular complexity index is 520. The summed E-state index contributed by atoms with van der Waals surface area (Å²) in [6, 6.07) is 10.3. The zero-order valence-corrected chi connectivity index (χ0v) is 13.1. The highest BCUT2D eigenvalue weighted by atomic mass is 32.1. The van der Waals surface area contributed by atoms with E-state index in [0.29, 0.717) is 0 Å². The summed E-state index contributed by atoms with van der Waals surface area (Å²) in [7, 11) is 5.85.